The van der Waals surface area contributed by atoms with Gasteiger partial charge in [0.25, 0.3) is 0 Å². The maximum atomic E-state index is 12.6. The normalized spacial score (nSPS) is 27.7. The average molecular weight is 366 g/mol. The van der Waals surface area contributed by atoms with Crippen LogP contribution in [-0.4, -0.2) is 36.2 Å². The molecule has 0 saturated carbocycles. The van der Waals surface area contributed by atoms with Crippen molar-refractivity contribution in [2.75, 3.05) is 6.79 Å². The topological polar surface area (TPSA) is 74.2 Å². The number of carbonyl (C=O) groups excluding carboxylic acids is 1. The Morgan fingerprint density at radius 1 is 1.07 bits per heavy atom. The predicted molar refractivity (Wildman–Crippen MR) is 94.7 cm³/mol. The summed E-state index contributed by atoms with van der Waals surface area (Å²) in [6.45, 7) is 0.462. The van der Waals surface area contributed by atoms with Gasteiger partial charge in [-0.1, -0.05) is 42.5 Å². The molecule has 5 rings (SSSR count). The summed E-state index contributed by atoms with van der Waals surface area (Å²) in [6, 6.07) is 13.2. The van der Waals surface area contributed by atoms with Crippen LogP contribution in [0.4, 0.5) is 0 Å². The van der Waals surface area contributed by atoms with Crippen LogP contribution in [0.15, 0.2) is 54.6 Å². The van der Waals surface area contributed by atoms with Gasteiger partial charge in [-0.05, 0) is 23.3 Å². The summed E-state index contributed by atoms with van der Waals surface area (Å²) in [6.07, 6.45) is 1.46. The number of aliphatic hydroxyl groups excluding tert-OH is 1. The largest absolute Gasteiger partial charge is 0.455 e. The monoisotopic (exact) mass is 366 g/mol. The standard InChI is InChI=1S/C21H18O6/c22-16-7-6-13-14-8-17-18(26-11-25-17)9-15(14)21(23)27-19(13)20(16)24-10-12-4-2-1-3-5-12/h1-9,13,16,19-20,22H,10-11H2/t13-,16-,19+,20-/m1/s1. The van der Waals surface area contributed by atoms with Crippen LogP contribution in [0.2, 0.25) is 0 Å². The second-order valence-electron chi connectivity index (χ2n) is 6.83. The number of aliphatic hydroxyl groups is 1. The molecule has 0 unspecified atom stereocenters. The Bertz CT molecular complexity index is 906. The highest BCUT2D eigenvalue weighted by Crippen LogP contribution is 2.44. The maximum absolute atomic E-state index is 12.6. The van der Waals surface area contributed by atoms with Gasteiger partial charge < -0.3 is 24.1 Å². The Morgan fingerprint density at radius 3 is 2.67 bits per heavy atom. The zero-order valence-corrected chi connectivity index (χ0v) is 14.4. The van der Waals surface area contributed by atoms with Crippen molar-refractivity contribution in [2.45, 2.75) is 30.8 Å². The third-order valence-corrected chi connectivity index (χ3v) is 5.18. The van der Waals surface area contributed by atoms with E-state index >= 15 is 0 Å². The second kappa shape index (κ2) is 6.40. The molecule has 0 aromatic heterocycles. The van der Waals surface area contributed by atoms with E-state index in [0.717, 1.165) is 11.1 Å². The number of benzene rings is 2. The van der Waals surface area contributed by atoms with Gasteiger partial charge in [-0.2, -0.15) is 0 Å². The molecule has 4 atom stereocenters. The lowest BCUT2D eigenvalue weighted by Gasteiger charge is -2.40. The molecule has 0 saturated heterocycles. The third-order valence-electron chi connectivity index (χ3n) is 5.18. The predicted octanol–water partition coefficient (Wildman–Crippen LogP) is 2.55. The third kappa shape index (κ3) is 2.78. The summed E-state index contributed by atoms with van der Waals surface area (Å²) in [5.74, 6) is 0.501. The molecule has 6 nitrogen and oxygen atoms in total. The van der Waals surface area contributed by atoms with Crippen LogP contribution in [-0.2, 0) is 16.1 Å². The van der Waals surface area contributed by atoms with E-state index in [1.165, 1.54) is 0 Å². The molecule has 2 aromatic carbocycles. The average Bonchev–Trinajstić information content (AvgIpc) is 3.14. The van der Waals surface area contributed by atoms with Crippen LogP contribution < -0.4 is 9.47 Å². The summed E-state index contributed by atoms with van der Waals surface area (Å²) in [4.78, 5) is 12.6. The lowest BCUT2D eigenvalue weighted by molar-refractivity contribution is -0.110. The second-order valence-corrected chi connectivity index (χ2v) is 6.83. The summed E-state index contributed by atoms with van der Waals surface area (Å²) >= 11 is 0. The molecule has 2 aromatic rings. The quantitative estimate of drug-likeness (QED) is 0.665. The summed E-state index contributed by atoms with van der Waals surface area (Å²) < 4.78 is 22.5. The number of carbonyl (C=O) groups is 1. The molecule has 1 N–H and O–H groups in total. The molecule has 1 aliphatic carbocycles. The van der Waals surface area contributed by atoms with Crippen molar-refractivity contribution in [3.05, 3.63) is 71.3 Å². The zero-order chi connectivity index (χ0) is 18.4. The Hall–Kier alpha value is -2.83. The van der Waals surface area contributed by atoms with Crippen molar-refractivity contribution < 1.29 is 28.8 Å². The van der Waals surface area contributed by atoms with Gasteiger partial charge in [-0.25, -0.2) is 4.79 Å². The van der Waals surface area contributed by atoms with Crippen LogP contribution in [0.5, 0.6) is 11.5 Å². The number of hydrogen-bond acceptors (Lipinski definition) is 6. The van der Waals surface area contributed by atoms with Gasteiger partial charge in [-0.3, -0.25) is 0 Å². The van der Waals surface area contributed by atoms with Crippen LogP contribution >= 0.6 is 0 Å². The fraction of sp³-hybridized carbons (Fsp3) is 0.286. The Labute approximate surface area is 155 Å². The van der Waals surface area contributed by atoms with Crippen molar-refractivity contribution in [3.63, 3.8) is 0 Å². The molecule has 3 aliphatic rings. The maximum Gasteiger partial charge on any atom is 0.338 e. The Morgan fingerprint density at radius 2 is 1.85 bits per heavy atom. The molecule has 0 amide bonds. The SMILES string of the molecule is O=C1O[C@@H]2[C@H](OCc3ccccc3)[C@H](O)C=C[C@@H]2c2cc3c(cc21)OCO3. The first kappa shape index (κ1) is 16.4. The van der Waals surface area contributed by atoms with Crippen molar-refractivity contribution in [1.29, 1.82) is 0 Å². The summed E-state index contributed by atoms with van der Waals surface area (Å²) in [5.41, 5.74) is 2.25. The van der Waals surface area contributed by atoms with Gasteiger partial charge in [0, 0.05) is 5.92 Å². The van der Waals surface area contributed by atoms with Gasteiger partial charge in [0.2, 0.25) is 6.79 Å². The van der Waals surface area contributed by atoms with E-state index in [4.69, 9.17) is 18.9 Å². The van der Waals surface area contributed by atoms with Crippen LogP contribution in [0.3, 0.4) is 0 Å². The molecule has 0 radical (unpaired) electrons. The zero-order valence-electron chi connectivity index (χ0n) is 14.4. The van der Waals surface area contributed by atoms with Gasteiger partial charge in [0.05, 0.1) is 12.2 Å². The van der Waals surface area contributed by atoms with Crippen molar-refractivity contribution >= 4 is 5.97 Å². The van der Waals surface area contributed by atoms with Crippen molar-refractivity contribution in [2.24, 2.45) is 0 Å². The first-order valence-corrected chi connectivity index (χ1v) is 8.87. The number of fused-ring (bicyclic) bond motifs is 4. The van der Waals surface area contributed by atoms with Crippen molar-refractivity contribution in [1.82, 2.24) is 0 Å². The molecule has 27 heavy (non-hydrogen) atoms. The van der Waals surface area contributed by atoms with Gasteiger partial charge in [0.15, 0.2) is 11.5 Å². The van der Waals surface area contributed by atoms with E-state index in [1.54, 1.807) is 12.1 Å². The van der Waals surface area contributed by atoms with E-state index in [9.17, 15) is 9.90 Å². The van der Waals surface area contributed by atoms with Crippen molar-refractivity contribution in [3.8, 4) is 11.5 Å². The molecule has 2 aliphatic heterocycles. The molecule has 0 fully saturated rings. The molecular formula is C21H18O6. The molecule has 6 heteroatoms. The molecule has 138 valence electrons. The number of hydrogen-bond donors (Lipinski definition) is 1. The fourth-order valence-corrected chi connectivity index (χ4v) is 3.83. The van der Waals surface area contributed by atoms with Crippen LogP contribution in [0.25, 0.3) is 0 Å². The highest BCUT2D eigenvalue weighted by Gasteiger charge is 2.45. The van der Waals surface area contributed by atoms with Crippen LogP contribution in [0.1, 0.15) is 27.4 Å². The molecule has 0 bridgehead atoms. The number of ether oxygens (including phenoxy) is 4. The first-order valence-electron chi connectivity index (χ1n) is 8.87. The molecular weight excluding hydrogens is 348 g/mol. The molecule has 0 spiro atoms. The van der Waals surface area contributed by atoms with Gasteiger partial charge >= 0.3 is 5.97 Å². The summed E-state index contributed by atoms with van der Waals surface area (Å²) in [7, 11) is 0. The minimum Gasteiger partial charge on any atom is -0.455 e. The van der Waals surface area contributed by atoms with E-state index in [-0.39, 0.29) is 12.7 Å². The Kier molecular flexibility index (Phi) is 3.88. The lowest BCUT2D eigenvalue weighted by Crippen LogP contribution is -2.49. The Balaban J connectivity index is 1.46. The highest BCUT2D eigenvalue weighted by molar-refractivity contribution is 5.94. The smallest absolute Gasteiger partial charge is 0.338 e. The lowest BCUT2D eigenvalue weighted by atomic mass is 9.79. The van der Waals surface area contributed by atoms with Crippen LogP contribution in [0, 0.1) is 0 Å². The minimum atomic E-state index is -0.849. The van der Waals surface area contributed by atoms with E-state index in [0.29, 0.717) is 23.7 Å². The van der Waals surface area contributed by atoms with Gasteiger partial charge in [0.1, 0.15) is 18.3 Å². The highest BCUT2D eigenvalue weighted by atomic mass is 16.7. The van der Waals surface area contributed by atoms with E-state index < -0.39 is 24.3 Å². The van der Waals surface area contributed by atoms with E-state index in [1.807, 2.05) is 42.5 Å². The number of esters is 1. The minimum absolute atomic E-state index is 0.138. The first-order chi connectivity index (χ1) is 13.2. The van der Waals surface area contributed by atoms with Gasteiger partial charge in [-0.15, -0.1) is 0 Å². The van der Waals surface area contributed by atoms with E-state index in [2.05, 4.69) is 0 Å². The molecule has 2 heterocycles. The summed E-state index contributed by atoms with van der Waals surface area (Å²) in [5, 5.41) is 10.4. The number of rotatable bonds is 3. The fourth-order valence-electron chi connectivity index (χ4n) is 3.83.